The molecule has 0 spiro atoms. The zero-order valence-corrected chi connectivity index (χ0v) is 23.6. The highest BCUT2D eigenvalue weighted by atomic mass is 19.4. The predicted molar refractivity (Wildman–Crippen MR) is 151 cm³/mol. The topological polar surface area (TPSA) is 108 Å². The molecular formula is C31H30F3N7O2. The number of rotatable bonds is 11. The number of hydrogen-bond acceptors (Lipinski definition) is 7. The molecule has 1 fully saturated rings. The van der Waals surface area contributed by atoms with Crippen molar-refractivity contribution in [2.24, 2.45) is 5.92 Å². The van der Waals surface area contributed by atoms with Crippen molar-refractivity contribution in [2.75, 3.05) is 0 Å². The van der Waals surface area contributed by atoms with Crippen LogP contribution in [0, 0.1) is 12.8 Å². The summed E-state index contributed by atoms with van der Waals surface area (Å²) in [5, 5.41) is 19.8. The van der Waals surface area contributed by atoms with Crippen LogP contribution in [0.2, 0.25) is 0 Å². The molecule has 3 heterocycles. The Morgan fingerprint density at radius 2 is 1.95 bits per heavy atom. The first kappa shape index (κ1) is 28.5. The molecule has 0 atom stereocenters. The highest BCUT2D eigenvalue weighted by Gasteiger charge is 2.36. The normalized spacial score (nSPS) is 14.6. The molecule has 2 aliphatic carbocycles. The monoisotopic (exact) mass is 589 g/mol. The molecule has 0 saturated heterocycles. The van der Waals surface area contributed by atoms with Crippen LogP contribution in [0.4, 0.5) is 13.2 Å². The molecule has 1 aromatic carbocycles. The number of amides is 1. The summed E-state index contributed by atoms with van der Waals surface area (Å²) in [6, 6.07) is 12.0. The number of aryl methyl sites for hydroxylation is 3. The van der Waals surface area contributed by atoms with Gasteiger partial charge in [-0.05, 0) is 85.9 Å². The Labute approximate surface area is 246 Å². The van der Waals surface area contributed by atoms with Gasteiger partial charge in [0, 0.05) is 37.0 Å². The summed E-state index contributed by atoms with van der Waals surface area (Å²) in [4.78, 5) is 16.7. The highest BCUT2D eigenvalue weighted by Crippen LogP contribution is 2.48. The molecule has 43 heavy (non-hydrogen) atoms. The van der Waals surface area contributed by atoms with Crippen LogP contribution in [0.5, 0.6) is 5.75 Å². The molecule has 0 unspecified atom stereocenters. The van der Waals surface area contributed by atoms with E-state index in [1.165, 1.54) is 17.7 Å². The number of carbonyl (C=O) groups excluding carboxylic acids is 1. The lowest BCUT2D eigenvalue weighted by Crippen LogP contribution is -2.23. The SMILES string of the molecule is Cc1ccc(CNC(=O)c2cn(CCCCc3cc4c(nn3)CC(C3CC3)=C4c3cccc(OC(F)(F)F)c3)nn2)cn1. The van der Waals surface area contributed by atoms with Gasteiger partial charge in [0.15, 0.2) is 5.69 Å². The van der Waals surface area contributed by atoms with E-state index in [2.05, 4.69) is 35.5 Å². The molecule has 2 aliphatic rings. The van der Waals surface area contributed by atoms with Gasteiger partial charge in [-0.1, -0.05) is 29.0 Å². The Morgan fingerprint density at radius 3 is 2.72 bits per heavy atom. The maximum Gasteiger partial charge on any atom is 0.573 e. The minimum absolute atomic E-state index is 0.236. The van der Waals surface area contributed by atoms with Gasteiger partial charge in [-0.3, -0.25) is 14.5 Å². The number of fused-ring (bicyclic) bond motifs is 1. The number of carbonyl (C=O) groups is 1. The average Bonchev–Trinajstić information content (AvgIpc) is 3.59. The second-order valence-electron chi connectivity index (χ2n) is 10.9. The number of allylic oxidation sites excluding steroid dienone is 1. The first-order valence-corrected chi connectivity index (χ1v) is 14.3. The fourth-order valence-electron chi connectivity index (χ4n) is 5.31. The van der Waals surface area contributed by atoms with Crippen molar-refractivity contribution in [1.82, 2.24) is 35.5 Å². The van der Waals surface area contributed by atoms with Gasteiger partial charge >= 0.3 is 6.36 Å². The zero-order chi connectivity index (χ0) is 30.0. The van der Waals surface area contributed by atoms with Gasteiger partial charge in [0.2, 0.25) is 0 Å². The van der Waals surface area contributed by atoms with Crippen LogP contribution < -0.4 is 10.1 Å². The van der Waals surface area contributed by atoms with Crippen molar-refractivity contribution in [3.63, 3.8) is 0 Å². The van der Waals surface area contributed by atoms with Crippen molar-refractivity contribution in [3.8, 4) is 5.75 Å². The quantitative estimate of drug-likeness (QED) is 0.234. The summed E-state index contributed by atoms with van der Waals surface area (Å²) in [7, 11) is 0. The van der Waals surface area contributed by atoms with Crippen molar-refractivity contribution in [2.45, 2.75) is 64.9 Å². The van der Waals surface area contributed by atoms with E-state index in [1.54, 1.807) is 23.1 Å². The maximum atomic E-state index is 12.9. The van der Waals surface area contributed by atoms with Crippen LogP contribution in [0.15, 0.2) is 60.4 Å². The Kier molecular flexibility index (Phi) is 7.92. The molecule has 0 aliphatic heterocycles. The van der Waals surface area contributed by atoms with Crippen LogP contribution in [-0.4, -0.2) is 42.4 Å². The summed E-state index contributed by atoms with van der Waals surface area (Å²) < 4.78 is 44.4. The summed E-state index contributed by atoms with van der Waals surface area (Å²) in [5.41, 5.74) is 7.54. The Bertz CT molecular complexity index is 1660. The van der Waals surface area contributed by atoms with E-state index >= 15 is 0 Å². The van der Waals surface area contributed by atoms with Gasteiger partial charge in [0.25, 0.3) is 5.91 Å². The van der Waals surface area contributed by atoms with Crippen molar-refractivity contribution in [3.05, 3.63) is 99.9 Å². The first-order chi connectivity index (χ1) is 20.7. The van der Waals surface area contributed by atoms with E-state index in [0.717, 1.165) is 59.5 Å². The molecule has 6 rings (SSSR count). The van der Waals surface area contributed by atoms with Crippen LogP contribution in [0.1, 0.15) is 69.9 Å². The number of halogens is 3. The van der Waals surface area contributed by atoms with Crippen LogP contribution >= 0.6 is 0 Å². The van der Waals surface area contributed by atoms with Crippen molar-refractivity contribution < 1.29 is 22.7 Å². The fourth-order valence-corrected chi connectivity index (χ4v) is 5.31. The molecule has 1 saturated carbocycles. The smallest absolute Gasteiger partial charge is 0.406 e. The fraction of sp³-hybridized carbons (Fsp3) is 0.355. The van der Waals surface area contributed by atoms with E-state index in [4.69, 9.17) is 0 Å². The third kappa shape index (κ3) is 7.07. The standard InChI is InChI=1S/C31H30F3N7O2/c1-19-8-9-20(16-35-19)17-36-30(42)28-18-41(40-39-28)12-3-2-6-23-14-26-27(38-37-23)15-25(21-10-11-21)29(26)22-5-4-7-24(13-22)43-31(32,33)34/h4-5,7-9,13-14,16,18,21H,2-3,6,10-12,15,17H2,1H3,(H,36,42). The molecule has 222 valence electrons. The van der Waals surface area contributed by atoms with Crippen LogP contribution in [0.25, 0.3) is 5.57 Å². The molecule has 9 nitrogen and oxygen atoms in total. The number of nitrogens with zero attached hydrogens (tertiary/aromatic N) is 6. The first-order valence-electron chi connectivity index (χ1n) is 14.3. The number of benzene rings is 1. The second kappa shape index (κ2) is 11.9. The lowest BCUT2D eigenvalue weighted by molar-refractivity contribution is -0.274. The van der Waals surface area contributed by atoms with E-state index < -0.39 is 6.36 Å². The number of hydrogen-bond donors (Lipinski definition) is 1. The van der Waals surface area contributed by atoms with Gasteiger partial charge in [-0.15, -0.1) is 18.3 Å². The zero-order valence-electron chi connectivity index (χ0n) is 23.6. The third-order valence-electron chi connectivity index (χ3n) is 7.56. The molecular weight excluding hydrogens is 559 g/mol. The van der Waals surface area contributed by atoms with Crippen LogP contribution in [-0.2, 0) is 25.9 Å². The van der Waals surface area contributed by atoms with Crippen molar-refractivity contribution >= 4 is 11.5 Å². The Hall–Kier alpha value is -4.61. The summed E-state index contributed by atoms with van der Waals surface area (Å²) >= 11 is 0. The molecule has 4 aromatic rings. The van der Waals surface area contributed by atoms with E-state index in [1.807, 2.05) is 31.2 Å². The number of unbranched alkanes of at least 4 members (excludes halogenated alkanes) is 1. The van der Waals surface area contributed by atoms with Gasteiger partial charge in [0.05, 0.1) is 17.6 Å². The molecule has 1 N–H and O–H groups in total. The van der Waals surface area contributed by atoms with Crippen LogP contribution in [0.3, 0.4) is 0 Å². The van der Waals surface area contributed by atoms with Gasteiger partial charge in [-0.25, -0.2) is 0 Å². The lowest BCUT2D eigenvalue weighted by Gasteiger charge is -2.13. The number of nitrogens with one attached hydrogen (secondary N) is 1. The average molecular weight is 590 g/mol. The highest BCUT2D eigenvalue weighted by molar-refractivity contribution is 5.91. The Morgan fingerprint density at radius 1 is 1.09 bits per heavy atom. The third-order valence-corrected chi connectivity index (χ3v) is 7.56. The van der Waals surface area contributed by atoms with Gasteiger partial charge in [-0.2, -0.15) is 10.2 Å². The number of alkyl halides is 3. The molecule has 12 heteroatoms. The molecule has 0 radical (unpaired) electrons. The predicted octanol–water partition coefficient (Wildman–Crippen LogP) is 5.39. The second-order valence-corrected chi connectivity index (χ2v) is 10.9. The molecule has 1 amide bonds. The maximum absolute atomic E-state index is 12.9. The van der Waals surface area contributed by atoms with E-state index in [9.17, 15) is 18.0 Å². The number of pyridine rings is 1. The summed E-state index contributed by atoms with van der Waals surface area (Å²) in [5.74, 6) is -0.111. The Balaban J connectivity index is 1.06. The number of ether oxygens (including phenoxy) is 1. The largest absolute Gasteiger partial charge is 0.573 e. The minimum atomic E-state index is -4.75. The minimum Gasteiger partial charge on any atom is -0.406 e. The van der Waals surface area contributed by atoms with E-state index in [0.29, 0.717) is 37.4 Å². The lowest BCUT2D eigenvalue weighted by atomic mass is 9.95. The molecule has 0 bridgehead atoms. The van der Waals surface area contributed by atoms with Gasteiger partial charge < -0.3 is 10.1 Å². The van der Waals surface area contributed by atoms with Crippen molar-refractivity contribution in [1.29, 1.82) is 0 Å². The number of aromatic nitrogens is 6. The summed E-state index contributed by atoms with van der Waals surface area (Å²) in [6.07, 6.45) is 3.68. The van der Waals surface area contributed by atoms with Gasteiger partial charge in [0.1, 0.15) is 5.75 Å². The van der Waals surface area contributed by atoms with E-state index in [-0.39, 0.29) is 17.4 Å². The molecule has 3 aromatic heterocycles. The summed E-state index contributed by atoms with van der Waals surface area (Å²) in [6.45, 7) is 2.84.